The van der Waals surface area contributed by atoms with Crippen molar-refractivity contribution in [2.24, 2.45) is 0 Å². The number of benzene rings is 4. The molecule has 0 saturated carbocycles. The van der Waals surface area contributed by atoms with Crippen LogP contribution in [-0.2, 0) is 10.0 Å². The Labute approximate surface area is 210 Å². The molecule has 0 saturated heterocycles. The molecule has 0 unspecified atom stereocenters. The summed E-state index contributed by atoms with van der Waals surface area (Å²) in [7, 11) is 0.105. The minimum atomic E-state index is -3.74. The van der Waals surface area contributed by atoms with Crippen molar-refractivity contribution in [1.82, 2.24) is 9.62 Å². The first kappa shape index (κ1) is 24.0. The number of sulfonamides is 1. The second kappa shape index (κ2) is 9.37. The Bertz CT molecular complexity index is 1560. The first-order valence-electron chi connectivity index (χ1n) is 11.9. The zero-order valence-corrected chi connectivity index (χ0v) is 21.0. The van der Waals surface area contributed by atoms with Crippen LogP contribution in [0.25, 0.3) is 21.5 Å². The largest absolute Gasteiger partial charge is 0.377 e. The monoisotopic (exact) mass is 501 g/mol. The summed E-state index contributed by atoms with van der Waals surface area (Å²) in [6.07, 6.45) is 0.967. The lowest BCUT2D eigenvalue weighted by atomic mass is 9.94. The summed E-state index contributed by atoms with van der Waals surface area (Å²) < 4.78 is 28.9. The molecule has 0 atom stereocenters. The number of hydrogen-bond donors (Lipinski definition) is 1. The van der Waals surface area contributed by atoms with Gasteiger partial charge < -0.3 is 4.90 Å². The number of carbonyl (C=O) groups excluding carboxylic acids is 2. The van der Waals surface area contributed by atoms with Gasteiger partial charge in [0.15, 0.2) is 0 Å². The van der Waals surface area contributed by atoms with E-state index in [1.807, 2.05) is 67.5 Å². The Kier molecular flexibility index (Phi) is 6.24. The van der Waals surface area contributed by atoms with Gasteiger partial charge in [-0.15, -0.1) is 0 Å². The molecule has 0 aliphatic carbocycles. The van der Waals surface area contributed by atoms with E-state index >= 15 is 0 Å². The Morgan fingerprint density at radius 2 is 1.39 bits per heavy atom. The zero-order chi connectivity index (χ0) is 25.4. The average molecular weight is 502 g/mol. The minimum absolute atomic E-state index is 0.203. The maximum Gasteiger partial charge on any atom is 0.261 e. The third-order valence-corrected chi connectivity index (χ3v) is 8.11. The zero-order valence-electron chi connectivity index (χ0n) is 20.2. The highest BCUT2D eigenvalue weighted by Crippen LogP contribution is 2.31. The van der Waals surface area contributed by atoms with Gasteiger partial charge in [0, 0.05) is 60.2 Å². The van der Waals surface area contributed by atoms with E-state index in [0.29, 0.717) is 34.7 Å². The number of imide groups is 1. The average Bonchev–Trinajstić information content (AvgIpc) is 2.87. The van der Waals surface area contributed by atoms with Gasteiger partial charge >= 0.3 is 0 Å². The molecule has 4 aromatic rings. The van der Waals surface area contributed by atoms with Crippen molar-refractivity contribution >= 4 is 49.1 Å². The third-order valence-electron chi connectivity index (χ3n) is 6.59. The Hall–Kier alpha value is -3.75. The highest BCUT2D eigenvalue weighted by Gasteiger charge is 2.32. The molecule has 0 aromatic heterocycles. The highest BCUT2D eigenvalue weighted by atomic mass is 32.2. The lowest BCUT2D eigenvalue weighted by Gasteiger charge is -2.27. The number of nitrogens with zero attached hydrogens (tertiary/aromatic N) is 2. The van der Waals surface area contributed by atoms with E-state index in [4.69, 9.17) is 0 Å². The molecule has 2 amide bonds. The number of amides is 2. The van der Waals surface area contributed by atoms with Crippen molar-refractivity contribution in [3.63, 3.8) is 0 Å². The predicted molar refractivity (Wildman–Crippen MR) is 142 cm³/mol. The first-order valence-corrected chi connectivity index (χ1v) is 13.3. The van der Waals surface area contributed by atoms with Gasteiger partial charge in [-0.25, -0.2) is 13.1 Å². The molecule has 0 fully saturated rings. The summed E-state index contributed by atoms with van der Waals surface area (Å²) in [6.45, 7) is 0.430. The molecule has 1 aliphatic rings. The molecule has 184 valence electrons. The van der Waals surface area contributed by atoms with E-state index in [-0.39, 0.29) is 29.8 Å². The van der Waals surface area contributed by atoms with E-state index in [1.54, 1.807) is 24.3 Å². The van der Waals surface area contributed by atoms with Gasteiger partial charge in [0.05, 0.1) is 4.90 Å². The van der Waals surface area contributed by atoms with Crippen molar-refractivity contribution in [2.75, 3.05) is 32.1 Å². The first-order chi connectivity index (χ1) is 17.3. The number of nitrogens with one attached hydrogen (secondary N) is 1. The molecule has 1 aliphatic heterocycles. The van der Waals surface area contributed by atoms with Gasteiger partial charge in [-0.1, -0.05) is 48.5 Å². The van der Waals surface area contributed by atoms with Crippen molar-refractivity contribution in [3.05, 3.63) is 83.9 Å². The highest BCUT2D eigenvalue weighted by molar-refractivity contribution is 7.89. The summed E-state index contributed by atoms with van der Waals surface area (Å²) in [5.74, 6) is -0.616. The van der Waals surface area contributed by atoms with Crippen LogP contribution in [0.5, 0.6) is 0 Å². The summed E-state index contributed by atoms with van der Waals surface area (Å²) in [4.78, 5) is 29.5. The van der Waals surface area contributed by atoms with Crippen LogP contribution < -0.4 is 9.62 Å². The third kappa shape index (κ3) is 4.12. The van der Waals surface area contributed by atoms with Crippen LogP contribution in [-0.4, -0.2) is 52.3 Å². The van der Waals surface area contributed by atoms with Gasteiger partial charge in [0.25, 0.3) is 11.8 Å². The second-order valence-electron chi connectivity index (χ2n) is 9.10. The smallest absolute Gasteiger partial charge is 0.261 e. The van der Waals surface area contributed by atoms with Crippen molar-refractivity contribution in [2.45, 2.75) is 17.7 Å². The Morgan fingerprint density at radius 1 is 0.778 bits per heavy atom. The van der Waals surface area contributed by atoms with E-state index in [1.165, 1.54) is 4.90 Å². The number of rotatable bonds is 8. The summed E-state index contributed by atoms with van der Waals surface area (Å²) in [6, 6.07) is 21.8. The molecule has 0 spiro atoms. The van der Waals surface area contributed by atoms with Gasteiger partial charge in [0.2, 0.25) is 10.0 Å². The van der Waals surface area contributed by atoms with Gasteiger partial charge in [0.1, 0.15) is 0 Å². The molecule has 8 heteroatoms. The fraction of sp³-hybridized carbons (Fsp3) is 0.214. The van der Waals surface area contributed by atoms with Crippen LogP contribution in [0.15, 0.2) is 77.7 Å². The molecule has 5 rings (SSSR count). The fourth-order valence-electron chi connectivity index (χ4n) is 4.85. The van der Waals surface area contributed by atoms with Crippen LogP contribution in [0.2, 0.25) is 0 Å². The normalized spacial score (nSPS) is 13.6. The molecular weight excluding hydrogens is 474 g/mol. The summed E-state index contributed by atoms with van der Waals surface area (Å²) in [5, 5.41) is 3.09. The lowest BCUT2D eigenvalue weighted by molar-refractivity contribution is 0.0608. The molecule has 1 N–H and O–H groups in total. The standard InChI is InChI=1S/C28H27N3O4S/c1-30(2)24-15-7-12-21-20(24)11-8-16-25(21)36(34,35)29-17-3-4-18-31-27(32)22-13-5-9-19-10-6-14-23(26(19)22)28(31)33/h5-16,29H,3-4,17-18H2,1-2H3. The molecule has 0 bridgehead atoms. The van der Waals surface area contributed by atoms with Crippen molar-refractivity contribution < 1.29 is 18.0 Å². The number of carbonyl (C=O) groups is 2. The van der Waals surface area contributed by atoms with Crippen LogP contribution >= 0.6 is 0 Å². The molecule has 7 nitrogen and oxygen atoms in total. The number of hydrogen-bond acceptors (Lipinski definition) is 5. The minimum Gasteiger partial charge on any atom is -0.377 e. The Balaban J connectivity index is 1.25. The van der Waals surface area contributed by atoms with E-state index < -0.39 is 10.0 Å². The number of unbranched alkanes of at least 4 members (excludes halogenated alkanes) is 1. The molecule has 36 heavy (non-hydrogen) atoms. The molecule has 0 radical (unpaired) electrons. The second-order valence-corrected chi connectivity index (χ2v) is 10.8. The topological polar surface area (TPSA) is 86.8 Å². The van der Waals surface area contributed by atoms with Crippen LogP contribution in [0.1, 0.15) is 33.6 Å². The number of anilines is 1. The molecule has 1 heterocycles. The molecule has 4 aromatic carbocycles. The van der Waals surface area contributed by atoms with Crippen molar-refractivity contribution in [1.29, 1.82) is 0 Å². The van der Waals surface area contributed by atoms with Crippen LogP contribution in [0.3, 0.4) is 0 Å². The van der Waals surface area contributed by atoms with Crippen molar-refractivity contribution in [3.8, 4) is 0 Å². The van der Waals surface area contributed by atoms with Gasteiger partial charge in [-0.05, 0) is 42.5 Å². The van der Waals surface area contributed by atoms with Crippen LogP contribution in [0.4, 0.5) is 5.69 Å². The quantitative estimate of drug-likeness (QED) is 0.285. The fourth-order valence-corrected chi connectivity index (χ4v) is 6.15. The maximum absolute atomic E-state index is 13.1. The predicted octanol–water partition coefficient (Wildman–Crippen LogP) is 4.41. The van der Waals surface area contributed by atoms with Gasteiger partial charge in [-0.3, -0.25) is 14.5 Å². The van der Waals surface area contributed by atoms with Crippen LogP contribution in [0, 0.1) is 0 Å². The van der Waals surface area contributed by atoms with E-state index in [9.17, 15) is 18.0 Å². The summed E-state index contributed by atoms with van der Waals surface area (Å²) >= 11 is 0. The lowest BCUT2D eigenvalue weighted by Crippen LogP contribution is -2.41. The maximum atomic E-state index is 13.1. The van der Waals surface area contributed by atoms with Gasteiger partial charge in [-0.2, -0.15) is 0 Å². The SMILES string of the molecule is CN(C)c1cccc2c(S(=O)(=O)NCCCCN3C(=O)c4cccc5cccc(c45)C3=O)cccc12. The Morgan fingerprint density at radius 3 is 2.06 bits per heavy atom. The summed E-state index contributed by atoms with van der Waals surface area (Å²) in [5.41, 5.74) is 1.99. The van der Waals surface area contributed by atoms with E-state index in [0.717, 1.165) is 16.5 Å². The van der Waals surface area contributed by atoms with E-state index in [2.05, 4.69) is 4.72 Å². The number of fused-ring (bicyclic) bond motifs is 1. The molecular formula is C28H27N3O4S.